The van der Waals surface area contributed by atoms with Gasteiger partial charge in [0.2, 0.25) is 22.0 Å². The third kappa shape index (κ3) is 12.6. The van der Waals surface area contributed by atoms with E-state index in [4.69, 9.17) is 19.0 Å². The van der Waals surface area contributed by atoms with Crippen LogP contribution < -0.4 is 25.8 Å². The lowest BCUT2D eigenvalue weighted by Gasteiger charge is -2.09. The number of hydrogen-bond acceptors (Lipinski definition) is 7. The molecule has 2 aromatic carbocycles. The zero-order chi connectivity index (χ0) is 33.3. The molecule has 0 aliphatic rings. The Labute approximate surface area is 260 Å². The summed E-state index contributed by atoms with van der Waals surface area (Å²) in [5.74, 6) is -0.202. The van der Waals surface area contributed by atoms with E-state index in [0.29, 0.717) is 6.61 Å². The van der Waals surface area contributed by atoms with Gasteiger partial charge in [-0.3, -0.25) is 14.4 Å². The quantitative estimate of drug-likeness (QED) is 0.194. The first kappa shape index (κ1) is 34.9. The van der Waals surface area contributed by atoms with Crippen molar-refractivity contribution in [2.24, 2.45) is 0 Å². The topological polar surface area (TPSA) is 113 Å². The van der Waals surface area contributed by atoms with Crippen molar-refractivity contribution < 1.29 is 36.6 Å². The van der Waals surface area contributed by atoms with Crippen LogP contribution in [0.15, 0.2) is 135 Å². The molecule has 0 aliphatic heterocycles. The van der Waals surface area contributed by atoms with Crippen LogP contribution in [-0.2, 0) is 26.3 Å². The molecule has 0 aliphatic carbocycles. The molecule has 5 rings (SSSR count). The van der Waals surface area contributed by atoms with E-state index in [-0.39, 0.29) is 29.0 Å². The average Bonchev–Trinajstić information content (AvgIpc) is 3.04. The summed E-state index contributed by atoms with van der Waals surface area (Å²) in [5.41, 5.74) is 0.867. The van der Waals surface area contributed by atoms with Crippen molar-refractivity contribution in [2.75, 3.05) is 0 Å². The number of nitrogens with zero attached hydrogens (tertiary/aromatic N) is 2. The van der Waals surface area contributed by atoms with Gasteiger partial charge in [0.1, 0.15) is 19.5 Å². The number of hydrogen-bond donors (Lipinski definition) is 1. The van der Waals surface area contributed by atoms with E-state index in [2.05, 4.69) is 0 Å². The minimum Gasteiger partial charge on any atom is -0.503 e. The van der Waals surface area contributed by atoms with E-state index in [1.54, 1.807) is 0 Å². The molecule has 0 atom stereocenters. The van der Waals surface area contributed by atoms with Crippen LogP contribution in [-0.4, -0.2) is 27.1 Å². The van der Waals surface area contributed by atoms with E-state index >= 15 is 0 Å². The van der Waals surface area contributed by atoms with Crippen LogP contribution in [0.1, 0.15) is 11.1 Å². The highest BCUT2D eigenvalue weighted by molar-refractivity contribution is 5.20. The number of rotatable bonds is 10. The Bertz CT molecular complexity index is 1790. The number of aromatic nitrogens is 2. The van der Waals surface area contributed by atoms with E-state index in [1.165, 1.54) is 47.8 Å². The first-order valence-electron chi connectivity index (χ1n) is 13.7. The van der Waals surface area contributed by atoms with Crippen molar-refractivity contribution in [3.63, 3.8) is 0 Å². The molecule has 9 nitrogen and oxygen atoms in total. The third-order valence-corrected chi connectivity index (χ3v) is 5.79. The first-order valence-corrected chi connectivity index (χ1v) is 13.7. The minimum atomic E-state index is -2.49. The standard InChI is InChI=1S/C14H13F2NO2.C12H10O3.C7H7F2NO2/c15-14(16)9-17-7-6-12(18)13(8-17)19-10-11-4-2-1-3-5-11;13-11-6-7-14-9-12(11)15-8-10-4-2-1-3-5-10;8-7(9)4-10-2-1-5(11)6(12)3-10/h1-8,14H,9-10H2;1-7,9H,8H2;1-3,7,12H,4H2. The molecule has 0 radical (unpaired) electrons. The van der Waals surface area contributed by atoms with E-state index < -0.39 is 37.1 Å². The fraction of sp³-hybridized carbons (Fsp3) is 0.182. The van der Waals surface area contributed by atoms with Crippen molar-refractivity contribution in [3.8, 4) is 17.2 Å². The second-order valence-corrected chi connectivity index (χ2v) is 9.38. The molecule has 5 aromatic rings. The van der Waals surface area contributed by atoms with Gasteiger partial charge in [-0.15, -0.1) is 0 Å². The number of pyridine rings is 2. The summed E-state index contributed by atoms with van der Waals surface area (Å²) in [6, 6.07) is 22.6. The lowest BCUT2D eigenvalue weighted by atomic mass is 10.2. The zero-order valence-corrected chi connectivity index (χ0v) is 24.3. The summed E-state index contributed by atoms with van der Waals surface area (Å²) >= 11 is 0. The van der Waals surface area contributed by atoms with E-state index in [9.17, 15) is 31.9 Å². The van der Waals surface area contributed by atoms with Gasteiger partial charge in [-0.25, -0.2) is 17.6 Å². The number of ether oxygens (including phenoxy) is 2. The maximum Gasteiger partial charge on any atom is 0.256 e. The summed E-state index contributed by atoms with van der Waals surface area (Å²) in [4.78, 5) is 33.4. The summed E-state index contributed by atoms with van der Waals surface area (Å²) in [5, 5.41) is 8.83. The normalized spacial score (nSPS) is 10.4. The predicted octanol–water partition coefficient (Wildman–Crippen LogP) is 5.73. The molecule has 0 spiro atoms. The van der Waals surface area contributed by atoms with Gasteiger partial charge in [-0.2, -0.15) is 0 Å². The number of aromatic hydroxyl groups is 1. The molecule has 0 unspecified atom stereocenters. The molecule has 0 bridgehead atoms. The third-order valence-electron chi connectivity index (χ3n) is 5.79. The number of alkyl halides is 4. The van der Waals surface area contributed by atoms with Crippen molar-refractivity contribution in [2.45, 2.75) is 39.2 Å². The molecular weight excluding hydrogens is 612 g/mol. The Balaban J connectivity index is 0.000000193. The maximum atomic E-state index is 12.3. The van der Waals surface area contributed by atoms with E-state index in [1.807, 2.05) is 60.7 Å². The van der Waals surface area contributed by atoms with Gasteiger partial charge >= 0.3 is 0 Å². The van der Waals surface area contributed by atoms with Crippen LogP contribution in [0.5, 0.6) is 17.2 Å². The lowest BCUT2D eigenvalue weighted by molar-refractivity contribution is 0.125. The Hall–Kier alpha value is -5.59. The Morgan fingerprint density at radius 3 is 1.61 bits per heavy atom. The van der Waals surface area contributed by atoms with Crippen LogP contribution in [0.25, 0.3) is 0 Å². The van der Waals surface area contributed by atoms with Gasteiger partial charge in [0.15, 0.2) is 11.5 Å². The van der Waals surface area contributed by atoms with Crippen LogP contribution in [0.3, 0.4) is 0 Å². The predicted molar refractivity (Wildman–Crippen MR) is 162 cm³/mol. The van der Waals surface area contributed by atoms with Gasteiger partial charge in [0.05, 0.1) is 25.5 Å². The van der Waals surface area contributed by atoms with Gasteiger partial charge in [0.25, 0.3) is 12.9 Å². The SMILES string of the molecule is O=c1ccn(CC(F)F)cc1O.O=c1ccn(CC(F)F)cc1OCc1ccccc1.O=c1ccocc1OCc1ccccc1. The molecule has 46 heavy (non-hydrogen) atoms. The molecule has 13 heteroatoms. The molecule has 0 amide bonds. The molecule has 0 saturated heterocycles. The highest BCUT2D eigenvalue weighted by Crippen LogP contribution is 2.09. The van der Waals surface area contributed by atoms with Gasteiger partial charge in [-0.1, -0.05) is 60.7 Å². The molecule has 3 aromatic heterocycles. The number of benzene rings is 2. The molecule has 3 heterocycles. The molecular formula is C33H30F4N2O7. The first-order chi connectivity index (χ1) is 22.1. The second kappa shape index (κ2) is 18.3. The largest absolute Gasteiger partial charge is 0.503 e. The average molecular weight is 643 g/mol. The van der Waals surface area contributed by atoms with Crippen LogP contribution in [0.2, 0.25) is 0 Å². The summed E-state index contributed by atoms with van der Waals surface area (Å²) < 4.78 is 65.9. The van der Waals surface area contributed by atoms with Crippen molar-refractivity contribution in [1.82, 2.24) is 9.13 Å². The van der Waals surface area contributed by atoms with E-state index in [0.717, 1.165) is 28.0 Å². The van der Waals surface area contributed by atoms with Gasteiger partial charge < -0.3 is 28.1 Å². The molecule has 242 valence electrons. The van der Waals surface area contributed by atoms with Crippen LogP contribution in [0.4, 0.5) is 17.6 Å². The van der Waals surface area contributed by atoms with Crippen molar-refractivity contribution in [1.29, 1.82) is 0 Å². The molecule has 0 fully saturated rings. The second-order valence-electron chi connectivity index (χ2n) is 9.38. The maximum absolute atomic E-state index is 12.3. The minimum absolute atomic E-state index is 0.0759. The summed E-state index contributed by atoms with van der Waals surface area (Å²) in [7, 11) is 0. The smallest absolute Gasteiger partial charge is 0.256 e. The monoisotopic (exact) mass is 642 g/mol. The van der Waals surface area contributed by atoms with Crippen molar-refractivity contribution in [3.05, 3.63) is 158 Å². The fourth-order valence-corrected chi connectivity index (χ4v) is 3.59. The van der Waals surface area contributed by atoms with Crippen molar-refractivity contribution >= 4 is 0 Å². The summed E-state index contributed by atoms with van der Waals surface area (Å²) in [6.07, 6.45) is 2.49. The highest BCUT2D eigenvalue weighted by Gasteiger charge is 2.07. The lowest BCUT2D eigenvalue weighted by Crippen LogP contribution is -2.13. The van der Waals surface area contributed by atoms with Crippen LogP contribution >= 0.6 is 0 Å². The fourth-order valence-electron chi connectivity index (χ4n) is 3.59. The van der Waals surface area contributed by atoms with Gasteiger partial charge in [-0.05, 0) is 11.1 Å². The molecule has 1 N–H and O–H groups in total. The summed E-state index contributed by atoms with van der Waals surface area (Å²) in [6.45, 7) is -0.375. The molecule has 0 saturated carbocycles. The number of halogens is 4. The van der Waals surface area contributed by atoms with Crippen LogP contribution in [0, 0.1) is 0 Å². The zero-order valence-electron chi connectivity index (χ0n) is 24.3. The van der Waals surface area contributed by atoms with Gasteiger partial charge in [0, 0.05) is 36.8 Å². The Kier molecular flexibility index (Phi) is 13.9. The Morgan fingerprint density at radius 1 is 0.630 bits per heavy atom. The Morgan fingerprint density at radius 2 is 1.11 bits per heavy atom. The highest BCUT2D eigenvalue weighted by atomic mass is 19.3.